The smallest absolute Gasteiger partial charge is 0.338 e. The lowest BCUT2D eigenvalue weighted by Gasteiger charge is -2.39. The molecule has 0 bridgehead atoms. The number of hydrogen-bond acceptors (Lipinski definition) is 4. The first-order valence-electron chi connectivity index (χ1n) is 7.92. The van der Waals surface area contributed by atoms with E-state index in [1.54, 1.807) is 6.07 Å². The van der Waals surface area contributed by atoms with Gasteiger partial charge in [-0.2, -0.15) is 0 Å². The zero-order valence-corrected chi connectivity index (χ0v) is 14.9. The van der Waals surface area contributed by atoms with Gasteiger partial charge in [0.1, 0.15) is 0 Å². The number of hydrogen-bond donors (Lipinski definition) is 0. The fraction of sp³-hybridized carbons (Fsp3) is 0.500. The summed E-state index contributed by atoms with van der Waals surface area (Å²) in [5.74, 6) is -0.354. The van der Waals surface area contributed by atoms with Gasteiger partial charge >= 0.3 is 5.97 Å². The van der Waals surface area contributed by atoms with E-state index >= 15 is 0 Å². The SMILES string of the molecule is C=CCN(c1cc(Cl)cc(C(=O)OC)c1C)C1CCN(C)CC1. The average molecular weight is 337 g/mol. The van der Waals surface area contributed by atoms with Gasteiger partial charge in [-0.3, -0.25) is 0 Å². The van der Waals surface area contributed by atoms with Gasteiger partial charge in [0, 0.05) is 23.3 Å². The Morgan fingerprint density at radius 3 is 2.70 bits per heavy atom. The van der Waals surface area contributed by atoms with Crippen molar-refractivity contribution in [2.24, 2.45) is 0 Å². The Kier molecular flexibility index (Phi) is 6.08. The maximum Gasteiger partial charge on any atom is 0.338 e. The molecule has 1 aliphatic rings. The Morgan fingerprint density at radius 2 is 2.13 bits per heavy atom. The highest BCUT2D eigenvalue weighted by Gasteiger charge is 2.25. The third-order valence-electron chi connectivity index (χ3n) is 4.51. The van der Waals surface area contributed by atoms with Crippen LogP contribution in [0.15, 0.2) is 24.8 Å². The van der Waals surface area contributed by atoms with Crippen molar-refractivity contribution in [3.05, 3.63) is 40.9 Å². The fourth-order valence-corrected chi connectivity index (χ4v) is 3.39. The first-order valence-corrected chi connectivity index (χ1v) is 8.30. The number of anilines is 1. The van der Waals surface area contributed by atoms with Crippen molar-refractivity contribution in [1.82, 2.24) is 4.90 Å². The number of carbonyl (C=O) groups excluding carboxylic acids is 1. The van der Waals surface area contributed by atoms with E-state index in [0.717, 1.165) is 43.7 Å². The summed E-state index contributed by atoms with van der Waals surface area (Å²) < 4.78 is 4.88. The van der Waals surface area contributed by atoms with Crippen LogP contribution < -0.4 is 4.90 Å². The molecule has 5 heteroatoms. The quantitative estimate of drug-likeness (QED) is 0.608. The summed E-state index contributed by atoms with van der Waals surface area (Å²) in [7, 11) is 3.54. The summed E-state index contributed by atoms with van der Waals surface area (Å²) in [6.45, 7) is 8.71. The molecule has 4 nitrogen and oxygen atoms in total. The first-order chi connectivity index (χ1) is 11.0. The molecule has 0 aliphatic carbocycles. The molecule has 0 saturated carbocycles. The third kappa shape index (κ3) is 4.06. The molecule has 1 heterocycles. The molecule has 0 atom stereocenters. The molecule has 0 unspecified atom stereocenters. The topological polar surface area (TPSA) is 32.8 Å². The number of benzene rings is 1. The Morgan fingerprint density at radius 1 is 1.48 bits per heavy atom. The van der Waals surface area contributed by atoms with Crippen LogP contribution >= 0.6 is 11.6 Å². The van der Waals surface area contributed by atoms with Gasteiger partial charge in [0.05, 0.1) is 12.7 Å². The molecule has 0 spiro atoms. The highest BCUT2D eigenvalue weighted by molar-refractivity contribution is 6.31. The number of rotatable bonds is 5. The van der Waals surface area contributed by atoms with Crippen molar-refractivity contribution in [2.45, 2.75) is 25.8 Å². The standard InChI is InChI=1S/C18H25ClN2O2/c1-5-8-21(15-6-9-20(3)10-7-15)17-12-14(19)11-16(13(17)2)18(22)23-4/h5,11-12,15H,1,6-10H2,2-4H3. The molecule has 0 aromatic heterocycles. The van der Waals surface area contributed by atoms with Crippen LogP contribution in [0, 0.1) is 6.92 Å². The molecular weight excluding hydrogens is 312 g/mol. The van der Waals surface area contributed by atoms with Gasteiger partial charge in [0.2, 0.25) is 0 Å². The maximum absolute atomic E-state index is 12.0. The lowest BCUT2D eigenvalue weighted by atomic mass is 9.99. The Labute approximate surface area is 143 Å². The number of piperidine rings is 1. The lowest BCUT2D eigenvalue weighted by Crippen LogP contribution is -2.44. The molecular formula is C18H25ClN2O2. The van der Waals surface area contributed by atoms with Crippen LogP contribution in [0.3, 0.4) is 0 Å². The number of nitrogens with zero attached hydrogens (tertiary/aromatic N) is 2. The first kappa shape index (κ1) is 17.8. The number of halogens is 1. The number of likely N-dealkylation sites (tertiary alicyclic amines) is 1. The van der Waals surface area contributed by atoms with Crippen LogP contribution in [-0.2, 0) is 4.74 Å². The average Bonchev–Trinajstić information content (AvgIpc) is 2.55. The third-order valence-corrected chi connectivity index (χ3v) is 4.73. The number of methoxy groups -OCH3 is 1. The van der Waals surface area contributed by atoms with Crippen LogP contribution in [0.25, 0.3) is 0 Å². The van der Waals surface area contributed by atoms with Gasteiger partial charge in [0.25, 0.3) is 0 Å². The van der Waals surface area contributed by atoms with E-state index in [1.165, 1.54) is 7.11 Å². The number of ether oxygens (including phenoxy) is 1. The Hall–Kier alpha value is -1.52. The summed E-state index contributed by atoms with van der Waals surface area (Å²) in [4.78, 5) is 16.7. The highest BCUT2D eigenvalue weighted by atomic mass is 35.5. The van der Waals surface area contributed by atoms with Gasteiger partial charge in [-0.15, -0.1) is 6.58 Å². The molecule has 2 rings (SSSR count). The van der Waals surface area contributed by atoms with E-state index in [0.29, 0.717) is 16.6 Å². The van der Waals surface area contributed by atoms with Crippen LogP contribution in [0.2, 0.25) is 5.02 Å². The predicted octanol–water partition coefficient (Wildman–Crippen LogP) is 3.52. The summed E-state index contributed by atoms with van der Waals surface area (Å²) in [5, 5.41) is 0.549. The molecule has 0 N–H and O–H groups in total. The van der Waals surface area contributed by atoms with Gasteiger partial charge in [-0.25, -0.2) is 4.79 Å². The summed E-state index contributed by atoms with van der Waals surface area (Å²) in [6, 6.07) is 4.03. The minimum atomic E-state index is -0.354. The van der Waals surface area contributed by atoms with Crippen molar-refractivity contribution in [3.63, 3.8) is 0 Å². The minimum absolute atomic E-state index is 0.354. The monoisotopic (exact) mass is 336 g/mol. The van der Waals surface area contributed by atoms with Crippen molar-refractivity contribution >= 4 is 23.3 Å². The molecule has 126 valence electrons. The molecule has 0 amide bonds. The minimum Gasteiger partial charge on any atom is -0.465 e. The summed E-state index contributed by atoms with van der Waals surface area (Å²) in [6.07, 6.45) is 4.07. The molecule has 1 aliphatic heterocycles. The molecule has 1 aromatic rings. The Balaban J connectivity index is 2.40. The van der Waals surface area contributed by atoms with Crippen LogP contribution in [0.1, 0.15) is 28.8 Å². The second-order valence-electron chi connectivity index (χ2n) is 6.06. The van der Waals surface area contributed by atoms with Crippen LogP contribution in [0.5, 0.6) is 0 Å². The van der Waals surface area contributed by atoms with Crippen LogP contribution in [0.4, 0.5) is 5.69 Å². The number of carbonyl (C=O) groups is 1. The predicted molar refractivity (Wildman–Crippen MR) is 95.6 cm³/mol. The van der Waals surface area contributed by atoms with Crippen molar-refractivity contribution < 1.29 is 9.53 Å². The zero-order chi connectivity index (χ0) is 17.0. The van der Waals surface area contributed by atoms with Crippen molar-refractivity contribution in [1.29, 1.82) is 0 Å². The van der Waals surface area contributed by atoms with E-state index in [9.17, 15) is 4.79 Å². The van der Waals surface area contributed by atoms with Gasteiger partial charge in [-0.1, -0.05) is 17.7 Å². The zero-order valence-electron chi connectivity index (χ0n) is 14.1. The van der Waals surface area contributed by atoms with Crippen molar-refractivity contribution in [2.75, 3.05) is 38.7 Å². The molecule has 1 aromatic carbocycles. The normalized spacial score (nSPS) is 16.2. The fourth-order valence-electron chi connectivity index (χ4n) is 3.17. The van der Waals surface area contributed by atoms with Gasteiger partial charge in [0.15, 0.2) is 0 Å². The van der Waals surface area contributed by atoms with Gasteiger partial charge in [-0.05, 0) is 57.6 Å². The highest BCUT2D eigenvalue weighted by Crippen LogP contribution is 2.32. The molecule has 0 radical (unpaired) electrons. The second-order valence-corrected chi connectivity index (χ2v) is 6.50. The number of esters is 1. The van der Waals surface area contributed by atoms with E-state index < -0.39 is 0 Å². The van der Waals surface area contributed by atoms with E-state index in [1.807, 2.05) is 19.1 Å². The largest absolute Gasteiger partial charge is 0.465 e. The molecule has 1 saturated heterocycles. The Bertz CT molecular complexity index is 581. The van der Waals surface area contributed by atoms with Crippen LogP contribution in [-0.4, -0.2) is 50.7 Å². The van der Waals surface area contributed by atoms with E-state index in [-0.39, 0.29) is 5.97 Å². The summed E-state index contributed by atoms with van der Waals surface area (Å²) >= 11 is 6.26. The molecule has 23 heavy (non-hydrogen) atoms. The maximum atomic E-state index is 12.0. The van der Waals surface area contributed by atoms with Gasteiger partial charge < -0.3 is 14.5 Å². The van der Waals surface area contributed by atoms with Crippen molar-refractivity contribution in [3.8, 4) is 0 Å². The van der Waals surface area contributed by atoms with E-state index in [2.05, 4.69) is 23.4 Å². The molecule has 1 fully saturated rings. The lowest BCUT2D eigenvalue weighted by molar-refractivity contribution is 0.0600. The summed E-state index contributed by atoms with van der Waals surface area (Å²) in [5.41, 5.74) is 2.42. The second kappa shape index (κ2) is 7.84. The van der Waals surface area contributed by atoms with E-state index in [4.69, 9.17) is 16.3 Å².